The van der Waals surface area contributed by atoms with Crippen molar-refractivity contribution < 1.29 is 10.0 Å². The highest BCUT2D eigenvalue weighted by atomic mass is 16.6. The van der Waals surface area contributed by atoms with Gasteiger partial charge in [0.2, 0.25) is 0 Å². The van der Waals surface area contributed by atoms with E-state index in [9.17, 15) is 15.2 Å². The Morgan fingerprint density at radius 3 is 3.23 bits per heavy atom. The van der Waals surface area contributed by atoms with Crippen LogP contribution in [-0.4, -0.2) is 37.4 Å². The zero-order valence-electron chi connectivity index (χ0n) is 6.54. The second-order valence-electron chi connectivity index (χ2n) is 2.71. The van der Waals surface area contributed by atoms with Crippen LogP contribution in [0.4, 0.5) is 11.9 Å². The van der Waals surface area contributed by atoms with Gasteiger partial charge >= 0.3 is 11.9 Å². The highest BCUT2D eigenvalue weighted by molar-refractivity contribution is 5.30. The van der Waals surface area contributed by atoms with E-state index in [4.69, 9.17) is 0 Å². The van der Waals surface area contributed by atoms with Gasteiger partial charge in [0.1, 0.15) is 0 Å². The molecule has 0 spiro atoms. The molecule has 2 N–H and O–H groups in total. The molecule has 0 radical (unpaired) electrons. The number of aromatic nitrogens is 3. The summed E-state index contributed by atoms with van der Waals surface area (Å²) in [6.45, 7) is 0.582. The Hall–Kier alpha value is -1.70. The normalized spacial score (nSPS) is 20.5. The molecule has 70 valence electrons. The molecule has 1 atom stereocenters. The maximum Gasteiger partial charge on any atom is 0.493 e. The van der Waals surface area contributed by atoms with Gasteiger partial charge in [0, 0.05) is 11.6 Å². The molecular weight excluding hydrogens is 178 g/mol. The summed E-state index contributed by atoms with van der Waals surface area (Å²) >= 11 is 0. The number of hydrogen-bond donors (Lipinski definition) is 2. The van der Waals surface area contributed by atoms with Crippen molar-refractivity contribution in [3.8, 4) is 0 Å². The van der Waals surface area contributed by atoms with E-state index in [1.807, 2.05) is 0 Å². The molecular formula is C5H7N5O3. The summed E-state index contributed by atoms with van der Waals surface area (Å²) in [6, 6.07) is 0. The first-order valence-corrected chi connectivity index (χ1v) is 3.68. The van der Waals surface area contributed by atoms with Crippen LogP contribution in [0.25, 0.3) is 0 Å². The van der Waals surface area contributed by atoms with E-state index in [1.165, 1.54) is 4.68 Å². The first-order chi connectivity index (χ1) is 6.16. The van der Waals surface area contributed by atoms with Gasteiger partial charge in [0.15, 0.2) is 0 Å². The number of rotatable bonds is 1. The Balaban J connectivity index is 2.33. The van der Waals surface area contributed by atoms with Gasteiger partial charge in [-0.3, -0.25) is 0 Å². The predicted octanol–water partition coefficient (Wildman–Crippen LogP) is -1.03. The van der Waals surface area contributed by atoms with E-state index in [2.05, 4.69) is 15.4 Å². The number of nitrogens with one attached hydrogen (secondary N) is 1. The second-order valence-corrected chi connectivity index (χ2v) is 2.71. The number of hydrogen-bond acceptors (Lipinski definition) is 6. The molecule has 1 aliphatic rings. The Bertz CT molecular complexity index is 348. The van der Waals surface area contributed by atoms with E-state index in [1.54, 1.807) is 0 Å². The van der Waals surface area contributed by atoms with Gasteiger partial charge in [-0.25, -0.2) is 0 Å². The molecule has 13 heavy (non-hydrogen) atoms. The van der Waals surface area contributed by atoms with Gasteiger partial charge in [-0.2, -0.15) is 0 Å². The van der Waals surface area contributed by atoms with Gasteiger partial charge < -0.3 is 20.5 Å². The fourth-order valence-corrected chi connectivity index (χ4v) is 1.14. The third-order valence-electron chi connectivity index (χ3n) is 1.70. The third-order valence-corrected chi connectivity index (χ3v) is 1.70. The van der Waals surface area contributed by atoms with Gasteiger partial charge in [0.25, 0.3) is 0 Å². The summed E-state index contributed by atoms with van der Waals surface area (Å²) in [5, 5.41) is 25.8. The van der Waals surface area contributed by atoms with E-state index in [0.29, 0.717) is 12.5 Å². The molecule has 0 fully saturated rings. The monoisotopic (exact) mass is 185 g/mol. The highest BCUT2D eigenvalue weighted by Gasteiger charge is 2.26. The summed E-state index contributed by atoms with van der Waals surface area (Å²) < 4.78 is 1.28. The number of β-amino-alcohol motifs (C(OH)–C–C–N with tert-alkyl or cyclic N) is 1. The SMILES string of the molecule is O=[N+]([O-])c1nc2n(n1)CC(O)CN2. The Kier molecular flexibility index (Phi) is 1.62. The largest absolute Gasteiger partial charge is 0.493 e. The van der Waals surface area contributed by atoms with Gasteiger partial charge in [-0.15, -0.1) is 4.68 Å². The van der Waals surface area contributed by atoms with E-state index < -0.39 is 17.0 Å². The van der Waals surface area contributed by atoms with Gasteiger partial charge in [0.05, 0.1) is 12.6 Å². The number of nitro groups is 1. The van der Waals surface area contributed by atoms with Crippen molar-refractivity contribution in [3.63, 3.8) is 0 Å². The number of anilines is 1. The zero-order valence-corrected chi connectivity index (χ0v) is 6.54. The van der Waals surface area contributed by atoms with Crippen LogP contribution >= 0.6 is 0 Å². The molecule has 0 bridgehead atoms. The van der Waals surface area contributed by atoms with Crippen molar-refractivity contribution in [1.29, 1.82) is 0 Å². The maximum atomic E-state index is 10.3. The van der Waals surface area contributed by atoms with Gasteiger partial charge in [-0.05, 0) is 9.91 Å². The van der Waals surface area contributed by atoms with Crippen LogP contribution in [0.15, 0.2) is 0 Å². The summed E-state index contributed by atoms with van der Waals surface area (Å²) in [4.78, 5) is 13.2. The van der Waals surface area contributed by atoms with Crippen LogP contribution in [0.1, 0.15) is 0 Å². The van der Waals surface area contributed by atoms with Crippen LogP contribution < -0.4 is 5.32 Å². The quantitative estimate of drug-likeness (QED) is 0.428. The fourth-order valence-electron chi connectivity index (χ4n) is 1.14. The third kappa shape index (κ3) is 1.31. The molecule has 1 aromatic heterocycles. The second kappa shape index (κ2) is 2.66. The lowest BCUT2D eigenvalue weighted by Gasteiger charge is -2.15. The molecule has 1 aliphatic heterocycles. The summed E-state index contributed by atoms with van der Waals surface area (Å²) in [6.07, 6.45) is -0.575. The van der Waals surface area contributed by atoms with Crippen molar-refractivity contribution in [2.75, 3.05) is 11.9 Å². The van der Waals surface area contributed by atoms with Gasteiger partial charge in [-0.1, -0.05) is 0 Å². The van der Waals surface area contributed by atoms with E-state index in [0.717, 1.165) is 0 Å². The molecule has 0 aliphatic carbocycles. The smallest absolute Gasteiger partial charge is 0.390 e. The zero-order chi connectivity index (χ0) is 9.42. The van der Waals surface area contributed by atoms with Crippen molar-refractivity contribution in [1.82, 2.24) is 14.8 Å². The molecule has 1 unspecified atom stereocenters. The minimum Gasteiger partial charge on any atom is -0.390 e. The summed E-state index contributed by atoms with van der Waals surface area (Å²) in [5.41, 5.74) is 0. The minimum atomic E-state index is -0.667. The number of fused-ring (bicyclic) bond motifs is 1. The van der Waals surface area contributed by atoms with Crippen LogP contribution in [-0.2, 0) is 6.54 Å². The lowest BCUT2D eigenvalue weighted by atomic mass is 10.3. The van der Waals surface area contributed by atoms with Crippen molar-refractivity contribution in [2.45, 2.75) is 12.6 Å². The van der Waals surface area contributed by atoms with Crippen LogP contribution in [0.5, 0.6) is 0 Å². The molecule has 0 amide bonds. The number of aliphatic hydroxyl groups is 1. The molecule has 2 rings (SSSR count). The highest BCUT2D eigenvalue weighted by Crippen LogP contribution is 2.14. The molecule has 8 nitrogen and oxygen atoms in total. The average molecular weight is 185 g/mol. The lowest BCUT2D eigenvalue weighted by Crippen LogP contribution is -2.32. The molecule has 1 aromatic rings. The van der Waals surface area contributed by atoms with Crippen molar-refractivity contribution in [3.05, 3.63) is 10.1 Å². The van der Waals surface area contributed by atoms with Crippen LogP contribution in [0.3, 0.4) is 0 Å². The lowest BCUT2D eigenvalue weighted by molar-refractivity contribution is -0.394. The van der Waals surface area contributed by atoms with E-state index in [-0.39, 0.29) is 6.54 Å². The average Bonchev–Trinajstić information content (AvgIpc) is 2.46. The number of aliphatic hydroxyl groups excluding tert-OH is 1. The Morgan fingerprint density at radius 1 is 1.77 bits per heavy atom. The summed E-state index contributed by atoms with van der Waals surface area (Å²) in [7, 11) is 0. The molecule has 0 saturated heterocycles. The molecule has 8 heteroatoms. The standard InChI is InChI=1S/C5H7N5O3/c11-3-1-6-4-7-5(10(12)13)8-9(4)2-3/h3,11H,1-2H2,(H,6,7,8). The Labute approximate surface area is 72.3 Å². The van der Waals surface area contributed by atoms with Crippen molar-refractivity contribution in [2.24, 2.45) is 0 Å². The van der Waals surface area contributed by atoms with Crippen LogP contribution in [0, 0.1) is 10.1 Å². The topological polar surface area (TPSA) is 106 Å². The van der Waals surface area contributed by atoms with Crippen LogP contribution in [0.2, 0.25) is 0 Å². The summed E-state index contributed by atoms with van der Waals surface area (Å²) in [5.74, 6) is -0.117. The molecule has 2 heterocycles. The first-order valence-electron chi connectivity index (χ1n) is 3.68. The Morgan fingerprint density at radius 2 is 2.54 bits per heavy atom. The predicted molar refractivity (Wildman–Crippen MR) is 41.2 cm³/mol. The maximum absolute atomic E-state index is 10.3. The minimum absolute atomic E-state index is 0.239. The number of nitrogens with zero attached hydrogens (tertiary/aromatic N) is 4. The first kappa shape index (κ1) is 7.92. The fraction of sp³-hybridized carbons (Fsp3) is 0.600. The van der Waals surface area contributed by atoms with Crippen molar-refractivity contribution >= 4 is 11.9 Å². The molecule has 0 saturated carbocycles. The van der Waals surface area contributed by atoms with E-state index >= 15 is 0 Å². The molecule has 0 aromatic carbocycles.